The first-order valence-electron chi connectivity index (χ1n) is 5.82. The smallest absolute Gasteiger partial charge is 0.416 e. The van der Waals surface area contributed by atoms with Crippen molar-refractivity contribution in [3.8, 4) is 0 Å². The van der Waals surface area contributed by atoms with E-state index in [0.717, 1.165) is 12.1 Å². The third-order valence-corrected chi connectivity index (χ3v) is 1.50. The Hall–Kier alpha value is -1.52. The zero-order valence-corrected chi connectivity index (χ0v) is 7.30. The Morgan fingerprint density at radius 2 is 2.13 bits per heavy atom. The van der Waals surface area contributed by atoms with Gasteiger partial charge in [0, 0.05) is 11.9 Å². The summed E-state index contributed by atoms with van der Waals surface area (Å²) in [4.78, 5) is 10.7. The Labute approximate surface area is 90.0 Å². The molecule has 1 rings (SSSR count). The molecule has 0 saturated heterocycles. The summed E-state index contributed by atoms with van der Waals surface area (Å²) in [5, 5.41) is 8.63. The van der Waals surface area contributed by atoms with E-state index in [4.69, 9.17) is 10.6 Å². The predicted octanol–water partition coefficient (Wildman–Crippen LogP) is 2.72. The van der Waals surface area contributed by atoms with Crippen LogP contribution in [0.5, 0.6) is 0 Å². The number of aryl methyl sites for hydroxylation is 1. The molecule has 0 fully saturated rings. The van der Waals surface area contributed by atoms with Crippen LogP contribution in [0, 0.1) is 0 Å². The molecule has 0 bridgehead atoms. The van der Waals surface area contributed by atoms with Crippen molar-refractivity contribution in [3.63, 3.8) is 0 Å². The largest absolute Gasteiger partial charge is 0.481 e. The van der Waals surface area contributed by atoms with Gasteiger partial charge in [-0.15, -0.1) is 0 Å². The van der Waals surface area contributed by atoms with Crippen LogP contribution >= 0.6 is 0 Å². The van der Waals surface area contributed by atoms with Gasteiger partial charge in [-0.1, -0.05) is 18.2 Å². The van der Waals surface area contributed by atoms with Crippen molar-refractivity contribution in [1.82, 2.24) is 0 Å². The van der Waals surface area contributed by atoms with E-state index in [9.17, 15) is 18.0 Å². The van der Waals surface area contributed by atoms with Crippen molar-refractivity contribution in [3.05, 3.63) is 35.4 Å². The van der Waals surface area contributed by atoms with Crippen molar-refractivity contribution in [2.45, 2.75) is 18.9 Å². The van der Waals surface area contributed by atoms with E-state index in [-0.39, 0.29) is 0 Å². The van der Waals surface area contributed by atoms with Gasteiger partial charge in [-0.25, -0.2) is 0 Å². The summed E-state index contributed by atoms with van der Waals surface area (Å²) >= 11 is 0. The molecule has 0 aliphatic rings. The molecular formula is C10H9F3O2. The zero-order chi connectivity index (χ0) is 15.1. The number of hydrogen-bond acceptors (Lipinski definition) is 1. The summed E-state index contributed by atoms with van der Waals surface area (Å²) in [6.07, 6.45) is -11.2. The first-order chi connectivity index (χ1) is 8.40. The molecular weight excluding hydrogens is 209 g/mol. The van der Waals surface area contributed by atoms with Crippen LogP contribution in [0.25, 0.3) is 0 Å². The lowest BCUT2D eigenvalue weighted by atomic mass is 10.1. The van der Waals surface area contributed by atoms with Crippen LogP contribution in [0.2, 0.25) is 0 Å². The van der Waals surface area contributed by atoms with E-state index >= 15 is 0 Å². The zero-order valence-electron chi connectivity index (χ0n) is 11.3. The number of hydrogen-bond donors (Lipinski definition) is 1. The number of carbonyl (C=O) groups is 1. The van der Waals surface area contributed by atoms with E-state index in [1.54, 1.807) is 0 Å². The second-order valence-electron chi connectivity index (χ2n) is 2.63. The maximum absolute atomic E-state index is 12.5. The van der Waals surface area contributed by atoms with Gasteiger partial charge in [-0.05, 0) is 18.0 Å². The van der Waals surface area contributed by atoms with Gasteiger partial charge in [0.05, 0.1) is 5.56 Å². The van der Waals surface area contributed by atoms with Crippen LogP contribution in [-0.2, 0) is 17.3 Å². The summed E-state index contributed by atoms with van der Waals surface area (Å²) in [6, 6.07) is 2.90. The molecule has 1 aromatic rings. The molecule has 0 unspecified atom stereocenters. The van der Waals surface area contributed by atoms with Gasteiger partial charge < -0.3 is 5.11 Å². The standard InChI is InChI=1S/C10H9F3O2/c11-10(12,13)8-3-1-2-7(6-8)4-5-9(14)15/h1-3,6H,4-5H2,(H,14,15)/i4D2,5D2. The number of benzene rings is 1. The van der Waals surface area contributed by atoms with Gasteiger partial charge in [0.15, 0.2) is 0 Å². The van der Waals surface area contributed by atoms with Crippen molar-refractivity contribution in [2.24, 2.45) is 0 Å². The molecule has 0 atom stereocenters. The number of alkyl halides is 3. The molecule has 82 valence electrons. The number of halogens is 3. The highest BCUT2D eigenvalue weighted by Crippen LogP contribution is 2.29. The van der Waals surface area contributed by atoms with Gasteiger partial charge in [-0.3, -0.25) is 4.79 Å². The quantitative estimate of drug-likeness (QED) is 0.853. The minimum Gasteiger partial charge on any atom is -0.481 e. The number of rotatable bonds is 3. The van der Waals surface area contributed by atoms with E-state index in [0.29, 0.717) is 12.1 Å². The Bertz CT molecular complexity index is 500. The van der Waals surface area contributed by atoms with Crippen LogP contribution in [0.15, 0.2) is 24.3 Å². The molecule has 15 heavy (non-hydrogen) atoms. The summed E-state index contributed by atoms with van der Waals surface area (Å²) in [5.41, 5.74) is -1.86. The topological polar surface area (TPSA) is 37.3 Å². The van der Waals surface area contributed by atoms with Crippen LogP contribution in [-0.4, -0.2) is 11.1 Å². The Balaban J connectivity index is 3.34. The fourth-order valence-corrected chi connectivity index (χ4v) is 0.899. The van der Waals surface area contributed by atoms with E-state index < -0.39 is 36.0 Å². The summed E-state index contributed by atoms with van der Waals surface area (Å²) in [5.74, 6) is -2.09. The minimum absolute atomic E-state index is 0.404. The summed E-state index contributed by atoms with van der Waals surface area (Å²) in [6.45, 7) is 0. The molecule has 0 amide bonds. The summed E-state index contributed by atoms with van der Waals surface area (Å²) in [7, 11) is 0. The van der Waals surface area contributed by atoms with E-state index in [1.165, 1.54) is 0 Å². The number of aliphatic carboxylic acids is 1. The van der Waals surface area contributed by atoms with Crippen molar-refractivity contribution < 1.29 is 28.6 Å². The fourth-order valence-electron chi connectivity index (χ4n) is 0.899. The number of carboxylic acid groups (broad SMARTS) is 1. The average molecular weight is 222 g/mol. The maximum atomic E-state index is 12.5. The monoisotopic (exact) mass is 222 g/mol. The molecule has 1 aromatic carbocycles. The average Bonchev–Trinajstić information content (AvgIpc) is 2.27. The SMILES string of the molecule is [2H]C([2H])(C(=O)O)C([2H])([2H])c1cccc(C(F)(F)F)c1. The minimum atomic E-state index is -4.72. The Kier molecular flexibility index (Phi) is 1.99. The molecule has 0 saturated carbocycles. The predicted molar refractivity (Wildman–Crippen MR) is 47.4 cm³/mol. The van der Waals surface area contributed by atoms with Crippen LogP contribution < -0.4 is 0 Å². The van der Waals surface area contributed by atoms with Gasteiger partial charge in [-0.2, -0.15) is 13.2 Å². The van der Waals surface area contributed by atoms with Crippen LogP contribution in [0.3, 0.4) is 0 Å². The molecule has 0 aromatic heterocycles. The van der Waals surface area contributed by atoms with Gasteiger partial charge >= 0.3 is 12.1 Å². The fraction of sp³-hybridized carbons (Fsp3) is 0.300. The van der Waals surface area contributed by atoms with E-state index in [2.05, 4.69) is 0 Å². The molecule has 0 heterocycles. The second-order valence-corrected chi connectivity index (χ2v) is 2.63. The molecule has 0 spiro atoms. The van der Waals surface area contributed by atoms with Gasteiger partial charge in [0.2, 0.25) is 0 Å². The van der Waals surface area contributed by atoms with Crippen molar-refractivity contribution in [2.75, 3.05) is 0 Å². The molecule has 0 aliphatic carbocycles. The third-order valence-electron chi connectivity index (χ3n) is 1.50. The molecule has 2 nitrogen and oxygen atoms in total. The lowest BCUT2D eigenvalue weighted by molar-refractivity contribution is -0.137. The third kappa shape index (κ3) is 3.61. The highest BCUT2D eigenvalue weighted by Gasteiger charge is 2.30. The van der Waals surface area contributed by atoms with Crippen molar-refractivity contribution >= 4 is 5.97 Å². The van der Waals surface area contributed by atoms with Crippen molar-refractivity contribution in [1.29, 1.82) is 0 Å². The van der Waals surface area contributed by atoms with Gasteiger partial charge in [0.25, 0.3) is 0 Å². The number of carboxylic acids is 1. The Morgan fingerprint density at radius 3 is 2.67 bits per heavy atom. The van der Waals surface area contributed by atoms with Crippen LogP contribution in [0.4, 0.5) is 13.2 Å². The Morgan fingerprint density at radius 1 is 1.47 bits per heavy atom. The first-order valence-corrected chi connectivity index (χ1v) is 3.82. The van der Waals surface area contributed by atoms with Crippen LogP contribution in [0.1, 0.15) is 23.0 Å². The summed E-state index contributed by atoms with van der Waals surface area (Å²) < 4.78 is 66.6. The highest BCUT2D eigenvalue weighted by atomic mass is 19.4. The maximum Gasteiger partial charge on any atom is 0.416 e. The normalized spacial score (nSPS) is 17.3. The first kappa shape index (κ1) is 6.87. The highest BCUT2D eigenvalue weighted by molar-refractivity contribution is 5.67. The lowest BCUT2D eigenvalue weighted by Crippen LogP contribution is -2.05. The second kappa shape index (κ2) is 4.33. The van der Waals surface area contributed by atoms with E-state index in [1.807, 2.05) is 0 Å². The van der Waals surface area contributed by atoms with Gasteiger partial charge in [0.1, 0.15) is 0 Å². The molecule has 1 N–H and O–H groups in total. The molecule has 5 heteroatoms. The molecule has 0 aliphatic heterocycles. The lowest BCUT2D eigenvalue weighted by Gasteiger charge is -2.07. The molecule has 0 radical (unpaired) electrons.